The van der Waals surface area contributed by atoms with Crippen LogP contribution in [0.4, 0.5) is 4.79 Å². The number of urea groups is 1. The van der Waals surface area contributed by atoms with E-state index in [9.17, 15) is 14.4 Å². The lowest BCUT2D eigenvalue weighted by molar-refractivity contribution is -0.141. The smallest absolute Gasteiger partial charge is 0.325 e. The summed E-state index contributed by atoms with van der Waals surface area (Å²) >= 11 is 0. The molecule has 1 N–H and O–H groups in total. The van der Waals surface area contributed by atoms with Crippen molar-refractivity contribution in [1.82, 2.24) is 15.1 Å². The molecule has 2 unspecified atom stereocenters. The Morgan fingerprint density at radius 2 is 2.11 bits per heavy atom. The highest BCUT2D eigenvalue weighted by atomic mass is 16.5. The minimum absolute atomic E-state index is 0.0899. The summed E-state index contributed by atoms with van der Waals surface area (Å²) in [6.45, 7) is 2.87. The molecule has 1 aromatic carbocycles. The molecular formula is C21H27N3O4. The highest BCUT2D eigenvalue weighted by Crippen LogP contribution is 2.38. The number of imide groups is 1. The Morgan fingerprint density at radius 1 is 1.29 bits per heavy atom. The monoisotopic (exact) mass is 385 g/mol. The predicted molar refractivity (Wildman–Crippen MR) is 103 cm³/mol. The maximum Gasteiger partial charge on any atom is 0.325 e. The quantitative estimate of drug-likeness (QED) is 0.808. The van der Waals surface area contributed by atoms with Gasteiger partial charge in [-0.1, -0.05) is 25.8 Å². The normalized spacial score (nSPS) is 27.0. The van der Waals surface area contributed by atoms with Gasteiger partial charge in [-0.25, -0.2) is 4.79 Å². The number of fused-ring (bicyclic) bond motifs is 1. The van der Waals surface area contributed by atoms with Crippen molar-refractivity contribution in [2.45, 2.75) is 51.1 Å². The fourth-order valence-electron chi connectivity index (χ4n) is 4.75. The van der Waals surface area contributed by atoms with E-state index in [1.54, 1.807) is 12.0 Å². The average Bonchev–Trinajstić information content (AvgIpc) is 2.94. The van der Waals surface area contributed by atoms with Crippen molar-refractivity contribution in [1.29, 1.82) is 0 Å². The highest BCUT2D eigenvalue weighted by Gasteiger charge is 2.55. The van der Waals surface area contributed by atoms with E-state index < -0.39 is 11.6 Å². The van der Waals surface area contributed by atoms with Crippen molar-refractivity contribution in [2.75, 3.05) is 20.2 Å². The third-order valence-electron chi connectivity index (χ3n) is 6.57. The van der Waals surface area contributed by atoms with Crippen LogP contribution in [0, 0.1) is 5.92 Å². The van der Waals surface area contributed by atoms with Gasteiger partial charge in [0.15, 0.2) is 0 Å². The van der Waals surface area contributed by atoms with Gasteiger partial charge in [-0.15, -0.1) is 0 Å². The molecular weight excluding hydrogens is 358 g/mol. The van der Waals surface area contributed by atoms with E-state index in [4.69, 9.17) is 4.74 Å². The topological polar surface area (TPSA) is 79.0 Å². The van der Waals surface area contributed by atoms with Crippen LogP contribution in [0.25, 0.3) is 0 Å². The molecule has 150 valence electrons. The van der Waals surface area contributed by atoms with Crippen molar-refractivity contribution >= 4 is 17.8 Å². The molecule has 7 heteroatoms. The van der Waals surface area contributed by atoms with Crippen molar-refractivity contribution < 1.29 is 19.1 Å². The first kappa shape index (κ1) is 18.8. The van der Waals surface area contributed by atoms with E-state index >= 15 is 0 Å². The summed E-state index contributed by atoms with van der Waals surface area (Å²) in [5.41, 5.74) is 1.43. The molecule has 0 bridgehead atoms. The third-order valence-corrected chi connectivity index (χ3v) is 6.57. The first-order chi connectivity index (χ1) is 13.4. The Bertz CT molecular complexity index is 824. The number of methoxy groups -OCH3 is 1. The third kappa shape index (κ3) is 3.02. The molecule has 1 aromatic rings. The number of amides is 4. The second-order valence-electron chi connectivity index (χ2n) is 8.14. The molecule has 3 aliphatic rings. The summed E-state index contributed by atoms with van der Waals surface area (Å²) in [6.07, 6.45) is 4.32. The fourth-order valence-corrected chi connectivity index (χ4v) is 4.75. The van der Waals surface area contributed by atoms with Crippen LogP contribution < -0.4 is 10.1 Å². The second kappa shape index (κ2) is 7.11. The van der Waals surface area contributed by atoms with E-state index in [0.29, 0.717) is 19.5 Å². The van der Waals surface area contributed by atoms with Gasteiger partial charge in [-0.05, 0) is 48.4 Å². The minimum Gasteiger partial charge on any atom is -0.497 e. The number of benzene rings is 1. The number of hydrogen-bond donors (Lipinski definition) is 1. The second-order valence-corrected chi connectivity index (χ2v) is 8.14. The Balaban J connectivity index is 1.46. The van der Waals surface area contributed by atoms with Crippen molar-refractivity contribution in [3.63, 3.8) is 0 Å². The lowest BCUT2D eigenvalue weighted by atomic mass is 9.73. The Kier molecular flexibility index (Phi) is 4.77. The van der Waals surface area contributed by atoms with Gasteiger partial charge < -0.3 is 15.0 Å². The van der Waals surface area contributed by atoms with Crippen LogP contribution in [0.1, 0.15) is 43.7 Å². The van der Waals surface area contributed by atoms with Crippen LogP contribution in [0.5, 0.6) is 5.75 Å². The summed E-state index contributed by atoms with van der Waals surface area (Å²) in [6, 6.07) is 5.46. The van der Waals surface area contributed by atoms with Gasteiger partial charge in [0.2, 0.25) is 5.91 Å². The zero-order valence-corrected chi connectivity index (χ0v) is 16.5. The minimum atomic E-state index is -0.822. The number of nitrogens with zero attached hydrogens (tertiary/aromatic N) is 2. The number of carbonyl (C=O) groups is 3. The molecule has 2 atom stereocenters. The number of rotatable bonds is 3. The van der Waals surface area contributed by atoms with Gasteiger partial charge in [0.1, 0.15) is 17.8 Å². The Labute approximate surface area is 165 Å². The van der Waals surface area contributed by atoms with Crippen LogP contribution >= 0.6 is 0 Å². The Morgan fingerprint density at radius 3 is 2.86 bits per heavy atom. The van der Waals surface area contributed by atoms with Gasteiger partial charge in [-0.2, -0.15) is 0 Å². The van der Waals surface area contributed by atoms with Gasteiger partial charge in [0.25, 0.3) is 5.91 Å². The van der Waals surface area contributed by atoms with E-state index in [1.165, 1.54) is 5.56 Å². The van der Waals surface area contributed by atoms with Gasteiger partial charge in [0, 0.05) is 13.1 Å². The molecule has 2 aliphatic heterocycles. The van der Waals surface area contributed by atoms with E-state index in [2.05, 4.69) is 5.32 Å². The van der Waals surface area contributed by atoms with E-state index in [0.717, 1.165) is 41.9 Å². The average molecular weight is 385 g/mol. The van der Waals surface area contributed by atoms with Crippen molar-refractivity contribution in [3.8, 4) is 5.75 Å². The SMILES string of the molecule is COc1ccc2c(c1)CN(C(=O)CN1C(=O)NC3(CCCCC3C)C1=O)CC2. The number of nitrogens with one attached hydrogen (secondary N) is 1. The summed E-state index contributed by atoms with van der Waals surface area (Å²) < 4.78 is 5.28. The molecule has 1 spiro atoms. The number of carbonyl (C=O) groups excluding carboxylic acids is 3. The van der Waals surface area contributed by atoms with E-state index in [-0.39, 0.29) is 24.3 Å². The maximum atomic E-state index is 13.1. The highest BCUT2D eigenvalue weighted by molar-refractivity contribution is 6.09. The zero-order valence-electron chi connectivity index (χ0n) is 16.5. The molecule has 1 saturated carbocycles. The summed E-state index contributed by atoms with van der Waals surface area (Å²) in [7, 11) is 1.62. The zero-order chi connectivity index (χ0) is 19.9. The van der Waals surface area contributed by atoms with Crippen LogP contribution in [0.15, 0.2) is 18.2 Å². The van der Waals surface area contributed by atoms with Gasteiger partial charge >= 0.3 is 6.03 Å². The lowest BCUT2D eigenvalue weighted by Crippen LogP contribution is -2.54. The molecule has 28 heavy (non-hydrogen) atoms. The fraction of sp³-hybridized carbons (Fsp3) is 0.571. The van der Waals surface area contributed by atoms with E-state index in [1.807, 2.05) is 25.1 Å². The standard InChI is InChI=1S/C21H27N3O4/c1-14-5-3-4-9-21(14)19(26)24(20(27)22-21)13-18(25)23-10-8-15-6-7-17(28-2)11-16(15)12-23/h6-7,11,14H,3-5,8-10,12-13H2,1-2H3,(H,22,27). The molecule has 0 aromatic heterocycles. The summed E-state index contributed by atoms with van der Waals surface area (Å²) in [4.78, 5) is 41.3. The van der Waals surface area contributed by atoms with Gasteiger partial charge in [0.05, 0.1) is 7.11 Å². The largest absolute Gasteiger partial charge is 0.497 e. The van der Waals surface area contributed by atoms with Crippen LogP contribution in [0.2, 0.25) is 0 Å². The molecule has 2 fully saturated rings. The molecule has 4 amide bonds. The molecule has 7 nitrogen and oxygen atoms in total. The van der Waals surface area contributed by atoms with Crippen molar-refractivity contribution in [3.05, 3.63) is 29.3 Å². The summed E-state index contributed by atoms with van der Waals surface area (Å²) in [5.74, 6) is 0.414. The van der Waals surface area contributed by atoms with Gasteiger partial charge in [-0.3, -0.25) is 14.5 Å². The van der Waals surface area contributed by atoms with Crippen LogP contribution in [-0.2, 0) is 22.6 Å². The Hall–Kier alpha value is -2.57. The first-order valence-corrected chi connectivity index (χ1v) is 10.0. The lowest BCUT2D eigenvalue weighted by Gasteiger charge is -2.37. The maximum absolute atomic E-state index is 13.1. The predicted octanol–water partition coefficient (Wildman–Crippen LogP) is 2.08. The van der Waals surface area contributed by atoms with Crippen molar-refractivity contribution in [2.24, 2.45) is 5.92 Å². The number of hydrogen-bond acceptors (Lipinski definition) is 4. The number of ether oxygens (including phenoxy) is 1. The molecule has 2 heterocycles. The molecule has 1 aliphatic carbocycles. The summed E-state index contributed by atoms with van der Waals surface area (Å²) in [5, 5.41) is 2.91. The molecule has 1 saturated heterocycles. The first-order valence-electron chi connectivity index (χ1n) is 10.0. The van der Waals surface area contributed by atoms with Crippen LogP contribution in [0.3, 0.4) is 0 Å². The molecule has 0 radical (unpaired) electrons. The molecule has 4 rings (SSSR count). The van der Waals surface area contributed by atoms with Crippen LogP contribution in [-0.4, -0.2) is 53.4 Å².